The van der Waals surface area contributed by atoms with Crippen molar-refractivity contribution in [2.24, 2.45) is 0 Å². The van der Waals surface area contributed by atoms with E-state index in [0.29, 0.717) is 0 Å². The molecule has 1 nitrogen and oxygen atoms in total. The molecule has 0 aliphatic heterocycles. The maximum atomic E-state index is 6.86. The fourth-order valence-electron chi connectivity index (χ4n) is 9.03. The lowest BCUT2D eigenvalue weighted by molar-refractivity contribution is 0.677. The maximum Gasteiger partial charge on any atom is 0.144 e. The van der Waals surface area contributed by atoms with E-state index >= 15 is 0 Å². The predicted octanol–water partition coefficient (Wildman–Crippen LogP) is 15.6. The highest BCUT2D eigenvalue weighted by Gasteiger charge is 2.20. The third-order valence-electron chi connectivity index (χ3n) is 11.4. The molecule has 0 saturated carbocycles. The average Bonchev–Trinajstić information content (AvgIpc) is 3.81. The molecule has 0 amide bonds. The number of hydrogen-bond acceptors (Lipinski definition) is 2. The van der Waals surface area contributed by atoms with Gasteiger partial charge in [0.1, 0.15) is 11.2 Å². The predicted molar refractivity (Wildman–Crippen MR) is 233 cm³/mol. The van der Waals surface area contributed by atoms with E-state index in [1.807, 2.05) is 11.3 Å². The third-order valence-corrected chi connectivity index (χ3v) is 12.6. The summed E-state index contributed by atoms with van der Waals surface area (Å²) in [4.78, 5) is 0. The van der Waals surface area contributed by atoms with Crippen molar-refractivity contribution in [3.63, 3.8) is 0 Å². The van der Waals surface area contributed by atoms with E-state index in [-0.39, 0.29) is 0 Å². The van der Waals surface area contributed by atoms with Crippen molar-refractivity contribution < 1.29 is 4.42 Å². The Hall–Kier alpha value is -6.74. The Morgan fingerprint density at radius 1 is 0.315 bits per heavy atom. The van der Waals surface area contributed by atoms with Crippen LogP contribution in [0.5, 0.6) is 0 Å². The van der Waals surface area contributed by atoms with Crippen LogP contribution in [0.3, 0.4) is 0 Å². The van der Waals surface area contributed by atoms with Crippen LogP contribution in [0.2, 0.25) is 0 Å². The van der Waals surface area contributed by atoms with Crippen molar-refractivity contribution in [3.05, 3.63) is 182 Å². The van der Waals surface area contributed by atoms with Crippen molar-refractivity contribution in [2.45, 2.75) is 0 Å². The minimum Gasteiger partial charge on any atom is -0.455 e. The SMILES string of the molecule is c1ccc(-c2c3ccccc3c(-c3ccc4cc(-c5cc6c7ccc8sc9ccccc9c8c7oc6c6ccccc56)ccc4c3)c3ccccc23)cc1. The molecule has 0 unspecified atom stereocenters. The Morgan fingerprint density at radius 2 is 0.852 bits per heavy atom. The zero-order valence-corrected chi connectivity index (χ0v) is 30.0. The first-order valence-electron chi connectivity index (χ1n) is 18.5. The number of thiophene rings is 1. The van der Waals surface area contributed by atoms with Gasteiger partial charge in [-0.2, -0.15) is 0 Å². The average molecular weight is 703 g/mol. The molecule has 10 aromatic carbocycles. The number of furan rings is 1. The van der Waals surface area contributed by atoms with Gasteiger partial charge in [-0.3, -0.25) is 0 Å². The van der Waals surface area contributed by atoms with Crippen LogP contribution < -0.4 is 0 Å². The molecule has 2 heteroatoms. The van der Waals surface area contributed by atoms with Gasteiger partial charge < -0.3 is 4.42 Å². The van der Waals surface area contributed by atoms with Gasteiger partial charge in [0.25, 0.3) is 0 Å². The molecule has 12 rings (SSSR count). The zero-order valence-electron chi connectivity index (χ0n) is 29.1. The summed E-state index contributed by atoms with van der Waals surface area (Å²) in [5.41, 5.74) is 9.39. The zero-order chi connectivity index (χ0) is 35.3. The Balaban J connectivity index is 1.05. The Morgan fingerprint density at radius 3 is 1.56 bits per heavy atom. The normalized spacial score (nSPS) is 12.1. The quantitative estimate of drug-likeness (QED) is 0.167. The molecule has 0 spiro atoms. The summed E-state index contributed by atoms with van der Waals surface area (Å²) >= 11 is 1.83. The first-order valence-corrected chi connectivity index (χ1v) is 19.3. The van der Waals surface area contributed by atoms with Crippen LogP contribution in [0.4, 0.5) is 0 Å². The van der Waals surface area contributed by atoms with Crippen LogP contribution in [0, 0.1) is 0 Å². The van der Waals surface area contributed by atoms with Crippen molar-refractivity contribution >= 4 is 96.5 Å². The third kappa shape index (κ3) is 4.26. The second-order valence-electron chi connectivity index (χ2n) is 14.3. The van der Waals surface area contributed by atoms with E-state index in [2.05, 4.69) is 182 Å². The lowest BCUT2D eigenvalue weighted by Gasteiger charge is -2.18. The molecular weight excluding hydrogens is 673 g/mol. The van der Waals surface area contributed by atoms with Crippen LogP contribution >= 0.6 is 11.3 Å². The lowest BCUT2D eigenvalue weighted by atomic mass is 9.85. The van der Waals surface area contributed by atoms with Crippen molar-refractivity contribution in [1.29, 1.82) is 0 Å². The van der Waals surface area contributed by atoms with Gasteiger partial charge in [0.05, 0.1) is 0 Å². The van der Waals surface area contributed by atoms with E-state index in [1.165, 1.54) is 91.3 Å². The molecule has 0 saturated heterocycles. The minimum atomic E-state index is 0.954. The van der Waals surface area contributed by atoms with Gasteiger partial charge in [0, 0.05) is 36.3 Å². The summed E-state index contributed by atoms with van der Waals surface area (Å²) in [6, 6.07) is 66.7. The molecule has 0 bridgehead atoms. The van der Waals surface area contributed by atoms with Gasteiger partial charge in [0.2, 0.25) is 0 Å². The van der Waals surface area contributed by atoms with Crippen LogP contribution in [0.1, 0.15) is 0 Å². The highest BCUT2D eigenvalue weighted by atomic mass is 32.1. The van der Waals surface area contributed by atoms with Gasteiger partial charge >= 0.3 is 0 Å². The van der Waals surface area contributed by atoms with Crippen molar-refractivity contribution in [3.8, 4) is 33.4 Å². The van der Waals surface area contributed by atoms with Crippen LogP contribution in [-0.4, -0.2) is 0 Å². The van der Waals surface area contributed by atoms with E-state index < -0.39 is 0 Å². The Labute approximate surface area is 314 Å². The molecule has 12 aromatic rings. The smallest absolute Gasteiger partial charge is 0.144 e. The molecule has 0 radical (unpaired) electrons. The second kappa shape index (κ2) is 11.4. The van der Waals surface area contributed by atoms with Crippen LogP contribution in [0.25, 0.3) is 119 Å². The summed E-state index contributed by atoms with van der Waals surface area (Å²) < 4.78 is 9.41. The Kier molecular flexibility index (Phi) is 6.28. The number of fused-ring (bicyclic) bond motifs is 12. The molecule has 54 heavy (non-hydrogen) atoms. The maximum absolute atomic E-state index is 6.86. The van der Waals surface area contributed by atoms with E-state index in [4.69, 9.17) is 4.42 Å². The van der Waals surface area contributed by atoms with Gasteiger partial charge in [-0.15, -0.1) is 11.3 Å². The number of hydrogen-bond donors (Lipinski definition) is 0. The second-order valence-corrected chi connectivity index (χ2v) is 15.4. The van der Waals surface area contributed by atoms with Gasteiger partial charge in [-0.1, -0.05) is 146 Å². The highest BCUT2D eigenvalue weighted by molar-refractivity contribution is 7.26. The molecule has 0 aliphatic rings. The fourth-order valence-corrected chi connectivity index (χ4v) is 10.1. The number of benzene rings is 10. The molecule has 250 valence electrons. The highest BCUT2D eigenvalue weighted by Crippen LogP contribution is 2.47. The number of rotatable bonds is 3. The molecule has 2 heterocycles. The topological polar surface area (TPSA) is 13.1 Å². The summed E-state index contributed by atoms with van der Waals surface area (Å²) in [6.45, 7) is 0. The first-order chi connectivity index (χ1) is 26.8. The van der Waals surface area contributed by atoms with Crippen molar-refractivity contribution in [1.82, 2.24) is 0 Å². The first kappa shape index (κ1) is 29.8. The molecule has 2 aromatic heterocycles. The van der Waals surface area contributed by atoms with E-state index in [0.717, 1.165) is 27.3 Å². The van der Waals surface area contributed by atoms with E-state index in [9.17, 15) is 0 Å². The van der Waals surface area contributed by atoms with E-state index in [1.54, 1.807) is 0 Å². The summed E-state index contributed by atoms with van der Waals surface area (Å²) in [5, 5.41) is 14.7. The molecular formula is C52H30OS. The summed E-state index contributed by atoms with van der Waals surface area (Å²) in [6.07, 6.45) is 0. The van der Waals surface area contributed by atoms with Crippen molar-refractivity contribution in [2.75, 3.05) is 0 Å². The Bertz CT molecular complexity index is 3440. The monoisotopic (exact) mass is 702 g/mol. The van der Waals surface area contributed by atoms with Gasteiger partial charge in [-0.05, 0) is 107 Å². The van der Waals surface area contributed by atoms with Crippen LogP contribution in [-0.2, 0) is 0 Å². The van der Waals surface area contributed by atoms with Gasteiger partial charge in [0.15, 0.2) is 0 Å². The summed E-state index contributed by atoms with van der Waals surface area (Å²) in [5.74, 6) is 0. The minimum absolute atomic E-state index is 0.954. The molecule has 0 fully saturated rings. The summed E-state index contributed by atoms with van der Waals surface area (Å²) in [7, 11) is 0. The van der Waals surface area contributed by atoms with Crippen LogP contribution in [0.15, 0.2) is 186 Å². The fraction of sp³-hybridized carbons (Fsp3) is 0. The standard InChI is InChI=1S/C52H30OS/c1-2-12-31(13-3-1)48-37-15-5-7-17-39(37)49(40-18-8-6-16-38(40)48)35-25-23-32-28-34(24-22-33(32)29-35)44-30-45-42-26-27-47-50(43-20-10-11-21-46(43)54-47)52(42)53-51(45)41-19-9-4-14-36(41)44/h1-30H. The molecule has 0 aliphatic carbocycles. The lowest BCUT2D eigenvalue weighted by Crippen LogP contribution is -1.91. The largest absolute Gasteiger partial charge is 0.455 e. The molecule has 0 atom stereocenters. The molecule has 0 N–H and O–H groups in total. The van der Waals surface area contributed by atoms with Gasteiger partial charge in [-0.25, -0.2) is 0 Å².